The number of rotatable bonds is 5. The van der Waals surface area contributed by atoms with Gasteiger partial charge in [-0.15, -0.1) is 0 Å². The van der Waals surface area contributed by atoms with E-state index in [2.05, 4.69) is 4.72 Å². The van der Waals surface area contributed by atoms with E-state index in [0.717, 1.165) is 5.56 Å². The van der Waals surface area contributed by atoms with E-state index in [4.69, 9.17) is 16.3 Å². The molecule has 0 aliphatic heterocycles. The molecule has 0 heterocycles. The van der Waals surface area contributed by atoms with Crippen LogP contribution in [0.5, 0.6) is 0 Å². The first-order chi connectivity index (χ1) is 7.88. The second-order valence-electron chi connectivity index (χ2n) is 3.76. The molecule has 17 heavy (non-hydrogen) atoms. The first-order valence-corrected chi connectivity index (χ1v) is 7.00. The van der Waals surface area contributed by atoms with Crippen LogP contribution < -0.4 is 4.72 Å². The monoisotopic (exact) mass is 277 g/mol. The summed E-state index contributed by atoms with van der Waals surface area (Å²) in [6, 6.07) is 3.23. The molecule has 0 saturated carbocycles. The lowest BCUT2D eigenvalue weighted by Gasteiger charge is -2.10. The summed E-state index contributed by atoms with van der Waals surface area (Å²) in [5.41, 5.74) is 1.37. The standard InChI is InChI=1S/C11H16ClNO3S/c1-8-7-11(9(2)6-10(8)12)17(14,15)13-4-5-16-3/h6-7,13H,4-5H2,1-3H3. The van der Waals surface area contributed by atoms with E-state index in [1.54, 1.807) is 26.0 Å². The first-order valence-electron chi connectivity index (χ1n) is 5.14. The van der Waals surface area contributed by atoms with Crippen LogP contribution in [0.1, 0.15) is 11.1 Å². The maximum Gasteiger partial charge on any atom is 0.240 e. The summed E-state index contributed by atoms with van der Waals surface area (Å²) in [5.74, 6) is 0. The number of halogens is 1. The lowest BCUT2D eigenvalue weighted by Crippen LogP contribution is -2.27. The molecule has 0 spiro atoms. The van der Waals surface area contributed by atoms with Crippen molar-refractivity contribution in [3.8, 4) is 0 Å². The van der Waals surface area contributed by atoms with Crippen molar-refractivity contribution in [2.75, 3.05) is 20.3 Å². The van der Waals surface area contributed by atoms with Gasteiger partial charge in [0.2, 0.25) is 10.0 Å². The van der Waals surface area contributed by atoms with Crippen LogP contribution in [0.2, 0.25) is 5.02 Å². The molecule has 0 unspecified atom stereocenters. The number of aryl methyl sites for hydroxylation is 2. The fourth-order valence-corrected chi connectivity index (χ4v) is 2.94. The van der Waals surface area contributed by atoms with Crippen molar-refractivity contribution in [2.45, 2.75) is 18.7 Å². The molecular formula is C11H16ClNO3S. The second-order valence-corrected chi connectivity index (χ2v) is 5.90. The zero-order chi connectivity index (χ0) is 13.1. The SMILES string of the molecule is COCCNS(=O)(=O)c1cc(C)c(Cl)cc1C. The van der Waals surface area contributed by atoms with Gasteiger partial charge >= 0.3 is 0 Å². The van der Waals surface area contributed by atoms with Gasteiger partial charge in [-0.1, -0.05) is 11.6 Å². The number of methoxy groups -OCH3 is 1. The molecule has 0 atom stereocenters. The second kappa shape index (κ2) is 5.82. The van der Waals surface area contributed by atoms with Crippen LogP contribution in [0.3, 0.4) is 0 Å². The molecule has 0 radical (unpaired) electrons. The minimum Gasteiger partial charge on any atom is -0.383 e. The van der Waals surface area contributed by atoms with Crippen molar-refractivity contribution in [1.82, 2.24) is 4.72 Å². The van der Waals surface area contributed by atoms with Crippen LogP contribution in [0.15, 0.2) is 17.0 Å². The highest BCUT2D eigenvalue weighted by Crippen LogP contribution is 2.23. The Morgan fingerprint density at radius 2 is 1.94 bits per heavy atom. The predicted molar refractivity (Wildman–Crippen MR) is 68.0 cm³/mol. The number of sulfonamides is 1. The highest BCUT2D eigenvalue weighted by Gasteiger charge is 2.17. The fraction of sp³-hybridized carbons (Fsp3) is 0.455. The zero-order valence-electron chi connectivity index (χ0n) is 10.1. The Balaban J connectivity index is 3.03. The Labute approximate surface area is 107 Å². The first kappa shape index (κ1) is 14.4. The number of hydrogen-bond acceptors (Lipinski definition) is 3. The Hall–Kier alpha value is -0.620. The van der Waals surface area contributed by atoms with Gasteiger partial charge < -0.3 is 4.74 Å². The number of nitrogens with one attached hydrogen (secondary N) is 1. The topological polar surface area (TPSA) is 55.4 Å². The third kappa shape index (κ3) is 3.67. The van der Waals surface area contributed by atoms with E-state index in [1.807, 2.05) is 0 Å². The largest absolute Gasteiger partial charge is 0.383 e. The van der Waals surface area contributed by atoms with E-state index in [9.17, 15) is 8.42 Å². The third-order valence-corrected chi connectivity index (χ3v) is 4.35. The minimum absolute atomic E-state index is 0.250. The van der Waals surface area contributed by atoms with Crippen LogP contribution in [0, 0.1) is 13.8 Å². The van der Waals surface area contributed by atoms with Gasteiger partial charge in [0, 0.05) is 18.7 Å². The fourth-order valence-electron chi connectivity index (χ4n) is 1.40. The zero-order valence-corrected chi connectivity index (χ0v) is 11.7. The van der Waals surface area contributed by atoms with E-state index >= 15 is 0 Å². The summed E-state index contributed by atoms with van der Waals surface area (Å²) in [6.07, 6.45) is 0. The van der Waals surface area contributed by atoms with Gasteiger partial charge in [0.25, 0.3) is 0 Å². The molecule has 1 aromatic rings. The van der Waals surface area contributed by atoms with Crippen molar-refractivity contribution in [2.24, 2.45) is 0 Å². The van der Waals surface area contributed by atoms with Crippen LogP contribution in [-0.2, 0) is 14.8 Å². The predicted octanol–water partition coefficient (Wildman–Crippen LogP) is 1.88. The van der Waals surface area contributed by atoms with Gasteiger partial charge in [0.15, 0.2) is 0 Å². The van der Waals surface area contributed by atoms with Crippen molar-refractivity contribution in [3.05, 3.63) is 28.3 Å². The smallest absolute Gasteiger partial charge is 0.240 e. The molecule has 0 aliphatic carbocycles. The Morgan fingerprint density at radius 3 is 2.53 bits per heavy atom. The van der Waals surface area contributed by atoms with E-state index in [1.165, 1.54) is 7.11 Å². The van der Waals surface area contributed by atoms with Crippen LogP contribution in [0.25, 0.3) is 0 Å². The molecule has 0 saturated heterocycles. The van der Waals surface area contributed by atoms with Gasteiger partial charge in [-0.25, -0.2) is 13.1 Å². The van der Waals surface area contributed by atoms with Crippen LogP contribution >= 0.6 is 11.6 Å². The summed E-state index contributed by atoms with van der Waals surface area (Å²) in [4.78, 5) is 0.260. The minimum atomic E-state index is -3.49. The van der Waals surface area contributed by atoms with Gasteiger partial charge in [0.1, 0.15) is 0 Å². The molecule has 6 heteroatoms. The molecule has 0 fully saturated rings. The quantitative estimate of drug-likeness (QED) is 0.836. The highest BCUT2D eigenvalue weighted by atomic mass is 35.5. The van der Waals surface area contributed by atoms with Crippen molar-refractivity contribution >= 4 is 21.6 Å². The van der Waals surface area contributed by atoms with Gasteiger partial charge in [-0.3, -0.25) is 0 Å². The summed E-state index contributed by atoms with van der Waals surface area (Å²) in [6.45, 7) is 4.08. The summed E-state index contributed by atoms with van der Waals surface area (Å²) < 4.78 is 31.2. The van der Waals surface area contributed by atoms with Gasteiger partial charge in [-0.05, 0) is 37.1 Å². The van der Waals surface area contributed by atoms with Gasteiger partial charge in [0.05, 0.1) is 11.5 Å². The lowest BCUT2D eigenvalue weighted by atomic mass is 10.2. The van der Waals surface area contributed by atoms with Crippen molar-refractivity contribution in [3.63, 3.8) is 0 Å². The molecule has 0 bridgehead atoms. The average molecular weight is 278 g/mol. The Morgan fingerprint density at radius 1 is 1.29 bits per heavy atom. The number of benzene rings is 1. The van der Waals surface area contributed by atoms with Crippen molar-refractivity contribution < 1.29 is 13.2 Å². The normalized spacial score (nSPS) is 11.8. The van der Waals surface area contributed by atoms with E-state index in [-0.39, 0.29) is 11.4 Å². The molecule has 4 nitrogen and oxygen atoms in total. The Bertz CT molecular complexity index is 500. The molecule has 1 N–H and O–H groups in total. The van der Waals surface area contributed by atoms with Crippen LogP contribution in [-0.4, -0.2) is 28.7 Å². The lowest BCUT2D eigenvalue weighted by molar-refractivity contribution is 0.204. The van der Waals surface area contributed by atoms with E-state index in [0.29, 0.717) is 17.2 Å². The number of hydrogen-bond donors (Lipinski definition) is 1. The molecule has 96 valence electrons. The highest BCUT2D eigenvalue weighted by molar-refractivity contribution is 7.89. The molecule has 1 aromatic carbocycles. The van der Waals surface area contributed by atoms with Crippen molar-refractivity contribution in [1.29, 1.82) is 0 Å². The summed E-state index contributed by atoms with van der Waals surface area (Å²) in [7, 11) is -1.97. The molecule has 0 aromatic heterocycles. The average Bonchev–Trinajstić information content (AvgIpc) is 2.23. The van der Waals surface area contributed by atoms with Gasteiger partial charge in [-0.2, -0.15) is 0 Å². The maximum absolute atomic E-state index is 12.0. The Kier molecular flexibility index (Phi) is 4.94. The molecule has 1 rings (SSSR count). The maximum atomic E-state index is 12.0. The summed E-state index contributed by atoms with van der Waals surface area (Å²) >= 11 is 5.93. The molecule has 0 amide bonds. The third-order valence-electron chi connectivity index (χ3n) is 2.34. The summed E-state index contributed by atoms with van der Waals surface area (Å²) in [5, 5.41) is 0.568. The molecular weight excluding hydrogens is 262 g/mol. The molecule has 0 aliphatic rings. The van der Waals surface area contributed by atoms with E-state index < -0.39 is 10.0 Å². The van der Waals surface area contributed by atoms with Crippen LogP contribution in [0.4, 0.5) is 0 Å². The number of ether oxygens (including phenoxy) is 1.